The van der Waals surface area contributed by atoms with E-state index in [1.54, 1.807) is 21.6 Å². The molecule has 1 unspecified atom stereocenters. The summed E-state index contributed by atoms with van der Waals surface area (Å²) in [5, 5.41) is 9.32. The third-order valence-electron chi connectivity index (χ3n) is 7.63. The van der Waals surface area contributed by atoms with Crippen LogP contribution in [-0.4, -0.2) is 74.5 Å². The maximum atomic E-state index is 14.2. The van der Waals surface area contributed by atoms with Crippen LogP contribution in [0.3, 0.4) is 0 Å². The maximum Gasteiger partial charge on any atom is 0.311 e. The lowest BCUT2D eigenvalue weighted by molar-refractivity contribution is -0.154. The molecule has 0 radical (unpaired) electrons. The van der Waals surface area contributed by atoms with E-state index < -0.39 is 27.4 Å². The minimum Gasteiger partial charge on any atom is -0.465 e. The Hall–Kier alpha value is -2.58. The zero-order valence-corrected chi connectivity index (χ0v) is 20.8. The number of ether oxygens (including phenoxy) is 1. The number of amides is 2. The van der Waals surface area contributed by atoms with Crippen LogP contribution < -0.4 is 0 Å². The molecule has 4 aliphatic heterocycles. The molecule has 0 saturated carbocycles. The summed E-state index contributed by atoms with van der Waals surface area (Å²) in [5.41, 5.74) is 1.03. The number of aliphatic hydroxyl groups excluding tert-OH is 1. The molecule has 2 amide bonds. The summed E-state index contributed by atoms with van der Waals surface area (Å²) in [4.78, 5) is 44.9. The van der Waals surface area contributed by atoms with Gasteiger partial charge < -0.3 is 19.6 Å². The fourth-order valence-electron chi connectivity index (χ4n) is 6.11. The monoisotopic (exact) mass is 496 g/mol. The Morgan fingerprint density at radius 1 is 1.06 bits per heavy atom. The predicted octanol–water partition coefficient (Wildman–Crippen LogP) is 2.55. The molecule has 1 aromatic carbocycles. The highest BCUT2D eigenvalue weighted by Gasteiger charge is 2.73. The van der Waals surface area contributed by atoms with Gasteiger partial charge in [-0.15, -0.1) is 11.8 Å². The average Bonchev–Trinajstić information content (AvgIpc) is 3.16. The van der Waals surface area contributed by atoms with Gasteiger partial charge in [0, 0.05) is 31.0 Å². The summed E-state index contributed by atoms with van der Waals surface area (Å²) < 4.78 is 4.06. The van der Waals surface area contributed by atoms with Crippen molar-refractivity contribution in [3.05, 3.63) is 60.2 Å². The summed E-state index contributed by atoms with van der Waals surface area (Å²) in [6.45, 7) is 3.58. The molecule has 4 aliphatic rings. The fraction of sp³-hybridized carbons (Fsp3) is 0.519. The van der Waals surface area contributed by atoms with E-state index in [4.69, 9.17) is 4.74 Å². The number of esters is 1. The van der Waals surface area contributed by atoms with Crippen molar-refractivity contribution >= 4 is 29.5 Å². The number of hydrogen-bond donors (Lipinski definition) is 1. The highest BCUT2D eigenvalue weighted by molar-refractivity contribution is 8.02. The number of carbonyl (C=O) groups excluding carboxylic acids is 3. The highest BCUT2D eigenvalue weighted by atomic mass is 32.2. The van der Waals surface area contributed by atoms with Gasteiger partial charge in [-0.25, -0.2) is 0 Å². The number of carbonyl (C=O) groups is 3. The van der Waals surface area contributed by atoms with Crippen molar-refractivity contribution in [3.63, 3.8) is 0 Å². The van der Waals surface area contributed by atoms with Crippen molar-refractivity contribution in [1.29, 1.82) is 0 Å². The van der Waals surface area contributed by atoms with Crippen molar-refractivity contribution in [2.24, 2.45) is 11.8 Å². The van der Waals surface area contributed by atoms with E-state index in [-0.39, 0.29) is 24.4 Å². The molecule has 1 spiro atoms. The van der Waals surface area contributed by atoms with Gasteiger partial charge in [-0.2, -0.15) is 0 Å². The molecule has 1 aromatic rings. The number of benzene rings is 1. The minimum atomic E-state index is -0.855. The largest absolute Gasteiger partial charge is 0.465 e. The standard InChI is InChI=1S/C27H32N2O5S/c1-26-12-5-8-17-34-25(33)21(26)20-23(31)29(15-6-7-16-30)22-24(32)28(14-9-13-27(20,22)35-26)18-19-10-3-2-4-11-19/h2-5,9-13,20-22,30H,6-8,14-18H2,1H3/t20-,21-,22?,26+,27-/m0/s1. The maximum absolute atomic E-state index is 14.2. The van der Waals surface area contributed by atoms with Gasteiger partial charge in [0.1, 0.15) is 6.04 Å². The topological polar surface area (TPSA) is 87.1 Å². The molecule has 1 N–H and O–H groups in total. The van der Waals surface area contributed by atoms with Crippen molar-refractivity contribution in [2.75, 3.05) is 26.3 Å². The Bertz CT molecular complexity index is 1060. The Balaban J connectivity index is 1.57. The summed E-state index contributed by atoms with van der Waals surface area (Å²) in [6, 6.07) is 9.12. The molecule has 0 aromatic heterocycles. The molecular formula is C27H32N2O5S. The molecular weight excluding hydrogens is 464 g/mol. The third-order valence-corrected chi connectivity index (χ3v) is 9.42. The van der Waals surface area contributed by atoms with Crippen LogP contribution in [0.4, 0.5) is 0 Å². The first-order valence-corrected chi connectivity index (χ1v) is 13.2. The molecule has 2 fully saturated rings. The number of cyclic esters (lactones) is 1. The second-order valence-electron chi connectivity index (χ2n) is 9.92. The molecule has 35 heavy (non-hydrogen) atoms. The Morgan fingerprint density at radius 3 is 2.63 bits per heavy atom. The summed E-state index contributed by atoms with van der Waals surface area (Å²) in [5.74, 6) is -1.97. The van der Waals surface area contributed by atoms with E-state index in [9.17, 15) is 19.5 Å². The van der Waals surface area contributed by atoms with Gasteiger partial charge in [-0.05, 0) is 31.7 Å². The highest BCUT2D eigenvalue weighted by Crippen LogP contribution is 2.65. The minimum absolute atomic E-state index is 0.0296. The quantitative estimate of drug-likeness (QED) is 0.370. The van der Waals surface area contributed by atoms with E-state index in [0.717, 1.165) is 5.56 Å². The first-order valence-electron chi connectivity index (χ1n) is 12.4. The van der Waals surface area contributed by atoms with Crippen LogP contribution in [0.2, 0.25) is 0 Å². The van der Waals surface area contributed by atoms with E-state index in [2.05, 4.69) is 0 Å². The summed E-state index contributed by atoms with van der Waals surface area (Å²) >= 11 is 1.56. The number of hydrogen-bond acceptors (Lipinski definition) is 6. The van der Waals surface area contributed by atoms with Crippen LogP contribution in [0, 0.1) is 11.8 Å². The lowest BCUT2D eigenvalue weighted by Crippen LogP contribution is -2.53. The summed E-state index contributed by atoms with van der Waals surface area (Å²) in [7, 11) is 0. The fourth-order valence-corrected chi connectivity index (χ4v) is 8.27. The number of unbranched alkanes of at least 4 members (excludes halogenated alkanes) is 1. The number of aliphatic hydroxyl groups is 1. The molecule has 5 atom stereocenters. The Morgan fingerprint density at radius 2 is 1.86 bits per heavy atom. The smallest absolute Gasteiger partial charge is 0.311 e. The van der Waals surface area contributed by atoms with Crippen molar-refractivity contribution < 1.29 is 24.2 Å². The molecule has 8 heteroatoms. The normalized spacial score (nSPS) is 34.1. The Kier molecular flexibility index (Phi) is 6.53. The second kappa shape index (κ2) is 9.47. The van der Waals surface area contributed by atoms with Crippen molar-refractivity contribution in [3.8, 4) is 0 Å². The molecule has 5 rings (SSSR count). The number of rotatable bonds is 6. The van der Waals surface area contributed by atoms with Gasteiger partial charge in [-0.3, -0.25) is 14.4 Å². The lowest BCUT2D eigenvalue weighted by atomic mass is 9.74. The first kappa shape index (κ1) is 24.1. The molecule has 186 valence electrons. The van der Waals surface area contributed by atoms with Crippen LogP contribution in [0.15, 0.2) is 54.6 Å². The molecule has 7 nitrogen and oxygen atoms in total. The first-order chi connectivity index (χ1) is 16.9. The van der Waals surface area contributed by atoms with E-state index in [1.807, 2.05) is 61.6 Å². The van der Waals surface area contributed by atoms with Gasteiger partial charge in [0.05, 0.1) is 23.2 Å². The zero-order valence-electron chi connectivity index (χ0n) is 20.0. The molecule has 0 bridgehead atoms. The third kappa shape index (κ3) is 4.00. The van der Waals surface area contributed by atoms with Crippen LogP contribution in [-0.2, 0) is 25.7 Å². The van der Waals surface area contributed by atoms with Gasteiger partial charge >= 0.3 is 5.97 Å². The number of thioether (sulfide) groups is 1. The Labute approximate surface area is 210 Å². The zero-order chi connectivity index (χ0) is 24.6. The average molecular weight is 497 g/mol. The van der Waals surface area contributed by atoms with Gasteiger partial charge in [0.2, 0.25) is 11.8 Å². The second-order valence-corrected chi connectivity index (χ2v) is 11.7. The number of nitrogens with zero attached hydrogens (tertiary/aromatic N) is 2. The number of fused-ring (bicyclic) bond motifs is 2. The number of likely N-dealkylation sites (tertiary alicyclic amines) is 1. The van der Waals surface area contributed by atoms with Gasteiger partial charge in [0.25, 0.3) is 0 Å². The van der Waals surface area contributed by atoms with Crippen LogP contribution >= 0.6 is 11.8 Å². The van der Waals surface area contributed by atoms with E-state index in [1.165, 1.54) is 0 Å². The van der Waals surface area contributed by atoms with Crippen LogP contribution in [0.5, 0.6) is 0 Å². The predicted molar refractivity (Wildman–Crippen MR) is 133 cm³/mol. The molecule has 2 saturated heterocycles. The van der Waals surface area contributed by atoms with Gasteiger partial charge in [-0.1, -0.05) is 54.6 Å². The van der Waals surface area contributed by atoms with E-state index in [0.29, 0.717) is 45.5 Å². The molecule has 0 aliphatic carbocycles. The molecule has 4 heterocycles. The SMILES string of the molecule is C[C@@]12C=CCCOC(=O)[C@@H]1[C@H]1C(=O)N(CCCCO)C3C(=O)N(Cc4ccccc4)CC=C[C@@]31S2. The lowest BCUT2D eigenvalue weighted by Gasteiger charge is -2.37. The summed E-state index contributed by atoms with van der Waals surface area (Å²) in [6.07, 6.45) is 9.85. The van der Waals surface area contributed by atoms with E-state index >= 15 is 0 Å². The van der Waals surface area contributed by atoms with Gasteiger partial charge in [0.15, 0.2) is 0 Å². The van der Waals surface area contributed by atoms with Crippen LogP contribution in [0.25, 0.3) is 0 Å². The van der Waals surface area contributed by atoms with Crippen molar-refractivity contribution in [1.82, 2.24) is 9.80 Å². The van der Waals surface area contributed by atoms with Crippen LogP contribution in [0.1, 0.15) is 31.7 Å². The van der Waals surface area contributed by atoms with Crippen molar-refractivity contribution in [2.45, 2.75) is 48.3 Å².